The van der Waals surface area contributed by atoms with Gasteiger partial charge in [0.2, 0.25) is 10.0 Å². The molecule has 2 aromatic carbocycles. The van der Waals surface area contributed by atoms with Crippen LogP contribution in [-0.4, -0.2) is 26.6 Å². The number of carbonyl (C=O) groups is 1. The Balaban J connectivity index is 2.39. The van der Waals surface area contributed by atoms with Gasteiger partial charge < -0.3 is 5.32 Å². The average Bonchev–Trinajstić information content (AvgIpc) is 2.56. The maximum Gasteiger partial charge on any atom is 0.260 e. The summed E-state index contributed by atoms with van der Waals surface area (Å²) < 4.78 is 39.1. The van der Waals surface area contributed by atoms with E-state index >= 15 is 0 Å². The van der Waals surface area contributed by atoms with E-state index in [-0.39, 0.29) is 17.4 Å². The molecule has 29 heavy (non-hydrogen) atoms. The fraction of sp³-hybridized carbons (Fsp3) is 0.318. The predicted molar refractivity (Wildman–Crippen MR) is 117 cm³/mol. The largest absolute Gasteiger partial charge is 0.383 e. The first-order valence-electron chi connectivity index (χ1n) is 9.25. The van der Waals surface area contributed by atoms with Crippen molar-refractivity contribution in [1.29, 1.82) is 0 Å². The summed E-state index contributed by atoms with van der Waals surface area (Å²) in [5.74, 6) is -0.988. The van der Waals surface area contributed by atoms with E-state index in [1.54, 1.807) is 19.1 Å². The van der Waals surface area contributed by atoms with Gasteiger partial charge in [0, 0.05) is 22.9 Å². The standard InChI is InChI=1S/C22H27FN2O3S/c1-13(2)24-18-7-8-19(21(23)12-18)20-11-14(3)17(9-15(20)4)10-16(5)22(26)25-29(6,27)28/h7-13,24H,1-6H3,(H,25,26). The molecule has 0 radical (unpaired) electrons. The molecule has 0 bridgehead atoms. The van der Waals surface area contributed by atoms with Gasteiger partial charge in [-0.05, 0) is 81.1 Å². The van der Waals surface area contributed by atoms with Gasteiger partial charge in [-0.1, -0.05) is 12.1 Å². The lowest BCUT2D eigenvalue weighted by Gasteiger charge is -2.14. The quantitative estimate of drug-likeness (QED) is 0.682. The number of halogens is 1. The summed E-state index contributed by atoms with van der Waals surface area (Å²) in [7, 11) is -3.62. The summed E-state index contributed by atoms with van der Waals surface area (Å²) in [6, 6.07) is 9.03. The zero-order valence-electron chi connectivity index (χ0n) is 17.6. The van der Waals surface area contributed by atoms with E-state index in [2.05, 4.69) is 5.32 Å². The van der Waals surface area contributed by atoms with Crippen molar-refractivity contribution in [2.24, 2.45) is 0 Å². The van der Waals surface area contributed by atoms with E-state index in [0.29, 0.717) is 5.56 Å². The monoisotopic (exact) mass is 418 g/mol. The zero-order valence-corrected chi connectivity index (χ0v) is 18.4. The molecule has 1 amide bonds. The minimum Gasteiger partial charge on any atom is -0.383 e. The molecule has 0 unspecified atom stereocenters. The lowest BCUT2D eigenvalue weighted by molar-refractivity contribution is -0.115. The van der Waals surface area contributed by atoms with Gasteiger partial charge >= 0.3 is 0 Å². The molecule has 0 spiro atoms. The van der Waals surface area contributed by atoms with Gasteiger partial charge in [-0.15, -0.1) is 0 Å². The van der Waals surface area contributed by atoms with Crippen molar-refractivity contribution < 1.29 is 17.6 Å². The minimum absolute atomic E-state index is 0.207. The number of nitrogens with one attached hydrogen (secondary N) is 2. The van der Waals surface area contributed by atoms with E-state index in [9.17, 15) is 17.6 Å². The Kier molecular flexibility index (Phi) is 6.85. The topological polar surface area (TPSA) is 75.3 Å². The van der Waals surface area contributed by atoms with E-state index in [1.807, 2.05) is 50.6 Å². The molecule has 156 valence electrons. The van der Waals surface area contributed by atoms with Crippen LogP contribution in [0.4, 0.5) is 10.1 Å². The van der Waals surface area contributed by atoms with Crippen LogP contribution in [0.1, 0.15) is 37.5 Å². The summed E-state index contributed by atoms with van der Waals surface area (Å²) in [5.41, 5.74) is 4.73. The third-order valence-electron chi connectivity index (χ3n) is 4.34. The Labute approximate surface area is 172 Å². The molecule has 2 aromatic rings. The average molecular weight is 419 g/mol. The van der Waals surface area contributed by atoms with Crippen LogP contribution >= 0.6 is 0 Å². The van der Waals surface area contributed by atoms with E-state index in [1.165, 1.54) is 6.07 Å². The van der Waals surface area contributed by atoms with Crippen molar-refractivity contribution in [1.82, 2.24) is 4.72 Å². The van der Waals surface area contributed by atoms with Crippen LogP contribution in [0, 0.1) is 19.7 Å². The lowest BCUT2D eigenvalue weighted by atomic mass is 9.93. The molecular formula is C22H27FN2O3S. The number of sulfonamides is 1. The molecule has 0 fully saturated rings. The number of amides is 1. The first-order valence-corrected chi connectivity index (χ1v) is 11.1. The maximum atomic E-state index is 14.7. The second-order valence-corrected chi connectivity index (χ2v) is 9.30. The van der Waals surface area contributed by atoms with Crippen molar-refractivity contribution >= 4 is 27.7 Å². The van der Waals surface area contributed by atoms with Crippen molar-refractivity contribution in [2.75, 3.05) is 11.6 Å². The van der Waals surface area contributed by atoms with Gasteiger partial charge in [-0.3, -0.25) is 4.79 Å². The molecule has 2 N–H and O–H groups in total. The Bertz CT molecular complexity index is 1070. The molecule has 0 heterocycles. The highest BCUT2D eigenvalue weighted by Gasteiger charge is 2.13. The van der Waals surface area contributed by atoms with Crippen LogP contribution < -0.4 is 10.0 Å². The van der Waals surface area contributed by atoms with Gasteiger partial charge in [0.15, 0.2) is 0 Å². The van der Waals surface area contributed by atoms with Gasteiger partial charge in [-0.2, -0.15) is 0 Å². The molecule has 0 aliphatic carbocycles. The number of rotatable bonds is 6. The van der Waals surface area contributed by atoms with Crippen LogP contribution in [0.2, 0.25) is 0 Å². The van der Waals surface area contributed by atoms with E-state index in [0.717, 1.165) is 34.2 Å². The van der Waals surface area contributed by atoms with Crippen LogP contribution in [0.5, 0.6) is 0 Å². The Morgan fingerprint density at radius 1 is 1.07 bits per heavy atom. The van der Waals surface area contributed by atoms with Crippen molar-refractivity contribution in [3.63, 3.8) is 0 Å². The number of aryl methyl sites for hydroxylation is 2. The Morgan fingerprint density at radius 2 is 1.72 bits per heavy atom. The van der Waals surface area contributed by atoms with Crippen molar-refractivity contribution in [2.45, 2.75) is 40.7 Å². The van der Waals surface area contributed by atoms with Crippen LogP contribution in [0.25, 0.3) is 17.2 Å². The first-order chi connectivity index (χ1) is 13.4. The third-order valence-corrected chi connectivity index (χ3v) is 4.89. The fourth-order valence-corrected chi connectivity index (χ4v) is 3.49. The van der Waals surface area contributed by atoms with Crippen molar-refractivity contribution in [3.8, 4) is 11.1 Å². The predicted octanol–water partition coefficient (Wildman–Crippen LogP) is 4.41. The van der Waals surface area contributed by atoms with Crippen LogP contribution in [-0.2, 0) is 14.8 Å². The summed E-state index contributed by atoms with van der Waals surface area (Å²) >= 11 is 0. The van der Waals surface area contributed by atoms with E-state index in [4.69, 9.17) is 0 Å². The Hall–Kier alpha value is -2.67. The SMILES string of the molecule is CC(=Cc1cc(C)c(-c2ccc(NC(C)C)cc2F)cc1C)C(=O)NS(C)(=O)=O. The van der Waals surface area contributed by atoms with Gasteiger partial charge in [0.25, 0.3) is 5.91 Å². The van der Waals surface area contributed by atoms with Crippen LogP contribution in [0.15, 0.2) is 35.9 Å². The summed E-state index contributed by atoms with van der Waals surface area (Å²) in [4.78, 5) is 12.0. The number of hydrogen-bond donors (Lipinski definition) is 2. The molecule has 0 aliphatic rings. The third kappa shape index (κ3) is 6.15. The molecule has 5 nitrogen and oxygen atoms in total. The second-order valence-electron chi connectivity index (χ2n) is 7.55. The van der Waals surface area contributed by atoms with Crippen LogP contribution in [0.3, 0.4) is 0 Å². The molecule has 0 atom stereocenters. The molecule has 0 aromatic heterocycles. The molecule has 2 rings (SSSR count). The second kappa shape index (κ2) is 8.78. The number of carbonyl (C=O) groups excluding carboxylic acids is 1. The lowest BCUT2D eigenvalue weighted by Crippen LogP contribution is -2.29. The normalized spacial score (nSPS) is 12.2. The fourth-order valence-electron chi connectivity index (χ4n) is 2.99. The Morgan fingerprint density at radius 3 is 2.28 bits per heavy atom. The number of anilines is 1. The minimum atomic E-state index is -3.62. The molecule has 0 aliphatic heterocycles. The highest BCUT2D eigenvalue weighted by Crippen LogP contribution is 2.31. The van der Waals surface area contributed by atoms with Gasteiger partial charge in [0.1, 0.15) is 5.82 Å². The number of benzene rings is 2. The molecule has 0 saturated carbocycles. The molecule has 7 heteroatoms. The maximum absolute atomic E-state index is 14.7. The highest BCUT2D eigenvalue weighted by atomic mass is 32.2. The van der Waals surface area contributed by atoms with Gasteiger partial charge in [-0.25, -0.2) is 17.5 Å². The van der Waals surface area contributed by atoms with Crippen molar-refractivity contribution in [3.05, 3.63) is 58.4 Å². The zero-order chi connectivity index (χ0) is 21.9. The summed E-state index contributed by atoms with van der Waals surface area (Å²) in [6.07, 6.45) is 2.55. The smallest absolute Gasteiger partial charge is 0.260 e. The first kappa shape index (κ1) is 22.6. The summed E-state index contributed by atoms with van der Waals surface area (Å²) in [5, 5.41) is 3.18. The molecular weight excluding hydrogens is 391 g/mol. The summed E-state index contributed by atoms with van der Waals surface area (Å²) in [6.45, 7) is 9.26. The van der Waals surface area contributed by atoms with E-state index < -0.39 is 15.9 Å². The van der Waals surface area contributed by atoms with Gasteiger partial charge in [0.05, 0.1) is 6.26 Å². The highest BCUT2D eigenvalue weighted by molar-refractivity contribution is 7.89. The molecule has 0 saturated heterocycles. The number of hydrogen-bond acceptors (Lipinski definition) is 4.